The minimum atomic E-state index is -0.364. The van der Waals surface area contributed by atoms with E-state index in [4.69, 9.17) is 0 Å². The van der Waals surface area contributed by atoms with Crippen molar-refractivity contribution in [2.45, 2.75) is 37.5 Å². The molecule has 4 aliphatic carbocycles. The van der Waals surface area contributed by atoms with Crippen molar-refractivity contribution in [2.75, 3.05) is 0 Å². The number of carbonyl (C=O) groups is 2. The molecular formula is C24H22N2O3S. The van der Waals surface area contributed by atoms with Crippen LogP contribution in [0.3, 0.4) is 0 Å². The molecule has 2 unspecified atom stereocenters. The first-order chi connectivity index (χ1) is 14.5. The Balaban J connectivity index is 1.30. The highest BCUT2D eigenvalue weighted by Crippen LogP contribution is 2.65. The summed E-state index contributed by atoms with van der Waals surface area (Å²) in [5.74, 6) is 2.56. The number of benzene rings is 1. The molecule has 5 fully saturated rings. The van der Waals surface area contributed by atoms with Crippen LogP contribution in [0.25, 0.3) is 17.3 Å². The van der Waals surface area contributed by atoms with Gasteiger partial charge in [0.15, 0.2) is 0 Å². The zero-order valence-electron chi connectivity index (χ0n) is 16.4. The van der Waals surface area contributed by atoms with Gasteiger partial charge in [-0.2, -0.15) is 0 Å². The first kappa shape index (κ1) is 18.2. The molecule has 0 spiro atoms. The molecule has 1 aromatic carbocycles. The van der Waals surface area contributed by atoms with Gasteiger partial charge in [0.05, 0.1) is 10.6 Å². The molecule has 2 N–H and O–H groups in total. The molecule has 7 rings (SSSR count). The zero-order valence-corrected chi connectivity index (χ0v) is 17.2. The summed E-state index contributed by atoms with van der Waals surface area (Å²) in [6, 6.07) is 9.70. The average Bonchev–Trinajstić information content (AvgIpc) is 3.28. The number of hydrogen-bond acceptors (Lipinski definition) is 5. The van der Waals surface area contributed by atoms with Crippen molar-refractivity contribution < 1.29 is 14.7 Å². The van der Waals surface area contributed by atoms with Crippen LogP contribution in [0.2, 0.25) is 0 Å². The maximum atomic E-state index is 11.7. The fraction of sp³-hybridized carbons (Fsp3) is 0.375. The Morgan fingerprint density at radius 1 is 1.10 bits per heavy atom. The lowest BCUT2D eigenvalue weighted by Crippen LogP contribution is -2.31. The highest BCUT2D eigenvalue weighted by molar-refractivity contribution is 8.18. The number of pyridine rings is 1. The van der Waals surface area contributed by atoms with Gasteiger partial charge in [-0.1, -0.05) is 6.07 Å². The number of aromatic nitrogens is 1. The van der Waals surface area contributed by atoms with Gasteiger partial charge in [0.2, 0.25) is 0 Å². The molecule has 30 heavy (non-hydrogen) atoms. The normalized spacial score (nSPS) is 32.9. The minimum Gasteiger partial charge on any atom is -0.508 e. The summed E-state index contributed by atoms with van der Waals surface area (Å²) in [6.07, 6.45) is 9.78. The van der Waals surface area contributed by atoms with Crippen molar-refractivity contribution in [3.05, 3.63) is 52.6 Å². The lowest BCUT2D eigenvalue weighted by atomic mass is 9.65. The average molecular weight is 419 g/mol. The third kappa shape index (κ3) is 2.81. The van der Waals surface area contributed by atoms with E-state index in [0.717, 1.165) is 51.9 Å². The predicted octanol–water partition coefficient (Wildman–Crippen LogP) is 4.86. The molecule has 0 radical (unpaired) electrons. The van der Waals surface area contributed by atoms with Gasteiger partial charge in [-0.3, -0.25) is 19.9 Å². The van der Waals surface area contributed by atoms with E-state index in [1.807, 2.05) is 24.3 Å². The molecule has 1 aromatic heterocycles. The number of amides is 2. The van der Waals surface area contributed by atoms with Crippen LogP contribution in [-0.2, 0) is 10.2 Å². The lowest BCUT2D eigenvalue weighted by molar-refractivity contribution is -0.115. The van der Waals surface area contributed by atoms with Gasteiger partial charge >= 0.3 is 0 Å². The van der Waals surface area contributed by atoms with E-state index >= 15 is 0 Å². The van der Waals surface area contributed by atoms with Crippen LogP contribution in [0.4, 0.5) is 4.79 Å². The number of rotatable bonds is 3. The van der Waals surface area contributed by atoms with Gasteiger partial charge in [0, 0.05) is 17.3 Å². The largest absolute Gasteiger partial charge is 0.508 e. The van der Waals surface area contributed by atoms with Crippen LogP contribution in [0.5, 0.6) is 5.75 Å². The minimum absolute atomic E-state index is 0.139. The molecule has 2 atom stereocenters. The van der Waals surface area contributed by atoms with Gasteiger partial charge in [-0.25, -0.2) is 0 Å². The number of phenols is 1. The number of aromatic hydroxyl groups is 1. The monoisotopic (exact) mass is 418 g/mol. The number of phenolic OH excluding ortho intramolecular Hbond substituents is 1. The van der Waals surface area contributed by atoms with E-state index < -0.39 is 0 Å². The summed E-state index contributed by atoms with van der Waals surface area (Å²) in [5.41, 5.74) is 3.85. The van der Waals surface area contributed by atoms with E-state index in [9.17, 15) is 14.7 Å². The van der Waals surface area contributed by atoms with E-state index in [1.54, 1.807) is 12.3 Å². The highest BCUT2D eigenvalue weighted by atomic mass is 32.2. The van der Waals surface area contributed by atoms with Crippen molar-refractivity contribution in [1.29, 1.82) is 0 Å². The van der Waals surface area contributed by atoms with Gasteiger partial charge in [-0.05, 0) is 103 Å². The summed E-state index contributed by atoms with van der Waals surface area (Å²) in [4.78, 5) is 28.0. The van der Waals surface area contributed by atoms with Crippen molar-refractivity contribution >= 4 is 29.0 Å². The van der Waals surface area contributed by atoms with Gasteiger partial charge in [0.1, 0.15) is 5.75 Å². The van der Waals surface area contributed by atoms with Crippen molar-refractivity contribution in [2.24, 2.45) is 17.8 Å². The first-order valence-electron chi connectivity index (χ1n) is 10.5. The number of nitrogens with zero attached hydrogens (tertiary/aromatic N) is 1. The van der Waals surface area contributed by atoms with Crippen LogP contribution < -0.4 is 5.32 Å². The van der Waals surface area contributed by atoms with E-state index in [1.165, 1.54) is 32.1 Å². The molecule has 6 heteroatoms. The first-order valence-corrected chi connectivity index (χ1v) is 11.4. The Hall–Kier alpha value is -2.60. The van der Waals surface area contributed by atoms with Crippen molar-refractivity contribution in [3.63, 3.8) is 0 Å². The Labute approximate surface area is 179 Å². The Kier molecular flexibility index (Phi) is 3.91. The van der Waals surface area contributed by atoms with Gasteiger partial charge in [0.25, 0.3) is 11.1 Å². The van der Waals surface area contributed by atoms with E-state index in [-0.39, 0.29) is 16.6 Å². The molecule has 2 amide bonds. The smallest absolute Gasteiger partial charge is 0.290 e. The number of imide groups is 1. The Morgan fingerprint density at radius 3 is 2.53 bits per heavy atom. The summed E-state index contributed by atoms with van der Waals surface area (Å²) >= 11 is 0.904. The maximum absolute atomic E-state index is 11.7. The topological polar surface area (TPSA) is 79.3 Å². The quantitative estimate of drug-likeness (QED) is 0.696. The number of carbonyl (C=O) groups excluding carboxylic acids is 2. The molecule has 1 aliphatic heterocycles. The SMILES string of the molecule is O=C1NC(=O)/C(=C/c2ccc(-c3ccc(O)c(C45CC6CC(C4)C(C6)C5)c3)nc2)S1. The van der Waals surface area contributed by atoms with Crippen molar-refractivity contribution in [3.8, 4) is 17.0 Å². The second-order valence-electron chi connectivity index (χ2n) is 9.31. The second kappa shape index (κ2) is 6.45. The Bertz CT molecular complexity index is 1090. The molecule has 152 valence electrons. The molecule has 4 saturated carbocycles. The standard InChI is InChI=1S/C24H22N2O3S/c27-20-4-2-15(8-18(20)24-9-14-5-16(10-24)17(6-14)11-24)19-3-1-13(12-25-19)7-21-22(28)26-23(29)30-21/h1-4,7-8,12,14,16-17,27H,5-6,9-11H2,(H,26,28,29)/b21-7-. The van der Waals surface area contributed by atoms with Crippen LogP contribution in [0.15, 0.2) is 41.4 Å². The van der Waals surface area contributed by atoms with Crippen LogP contribution in [0, 0.1) is 17.8 Å². The van der Waals surface area contributed by atoms with Gasteiger partial charge in [-0.15, -0.1) is 0 Å². The molecule has 5 aliphatic rings. The summed E-state index contributed by atoms with van der Waals surface area (Å²) < 4.78 is 0. The molecule has 2 aromatic rings. The molecule has 5 nitrogen and oxygen atoms in total. The molecule has 4 bridgehead atoms. The van der Waals surface area contributed by atoms with Gasteiger partial charge < -0.3 is 5.11 Å². The van der Waals surface area contributed by atoms with Crippen LogP contribution >= 0.6 is 11.8 Å². The van der Waals surface area contributed by atoms with Crippen molar-refractivity contribution in [1.82, 2.24) is 10.3 Å². The predicted molar refractivity (Wildman–Crippen MR) is 116 cm³/mol. The summed E-state index contributed by atoms with van der Waals surface area (Å²) in [6.45, 7) is 0. The third-order valence-electron chi connectivity index (χ3n) is 7.51. The highest BCUT2D eigenvalue weighted by Gasteiger charge is 2.57. The summed E-state index contributed by atoms with van der Waals surface area (Å²) in [7, 11) is 0. The third-order valence-corrected chi connectivity index (χ3v) is 8.32. The molecular weight excluding hydrogens is 396 g/mol. The maximum Gasteiger partial charge on any atom is 0.290 e. The lowest BCUT2D eigenvalue weighted by Gasteiger charge is -2.39. The number of thioether (sulfide) groups is 1. The fourth-order valence-electron chi connectivity index (χ4n) is 6.49. The fourth-order valence-corrected chi connectivity index (χ4v) is 7.18. The summed E-state index contributed by atoms with van der Waals surface area (Å²) in [5, 5.41) is 12.6. The van der Waals surface area contributed by atoms with Crippen LogP contribution in [-0.4, -0.2) is 21.2 Å². The van der Waals surface area contributed by atoms with Crippen LogP contribution in [0.1, 0.15) is 43.2 Å². The second-order valence-corrected chi connectivity index (χ2v) is 10.3. The Morgan fingerprint density at radius 2 is 1.90 bits per heavy atom. The number of nitrogens with one attached hydrogen (secondary N) is 1. The molecule has 2 heterocycles. The van der Waals surface area contributed by atoms with E-state index in [0.29, 0.717) is 10.7 Å². The zero-order chi connectivity index (χ0) is 20.5. The number of hydrogen-bond donors (Lipinski definition) is 2. The van der Waals surface area contributed by atoms with E-state index in [2.05, 4.69) is 16.4 Å². The molecule has 1 saturated heterocycles.